The fourth-order valence-electron chi connectivity index (χ4n) is 0.977. The van der Waals surface area contributed by atoms with Crippen molar-refractivity contribution >= 4 is 0 Å². The van der Waals surface area contributed by atoms with E-state index in [1.165, 1.54) is 7.11 Å². The van der Waals surface area contributed by atoms with E-state index < -0.39 is 6.10 Å². The van der Waals surface area contributed by atoms with Crippen molar-refractivity contribution in [2.24, 2.45) is 5.92 Å². The number of hydrogen-bond donors (Lipinski definition) is 2. The molecule has 0 spiro atoms. The number of methoxy groups -OCH3 is 1. The lowest BCUT2D eigenvalue weighted by Gasteiger charge is -2.22. The van der Waals surface area contributed by atoms with Crippen molar-refractivity contribution in [1.29, 1.82) is 0 Å². The SMILES string of the molecule is CO[C@@H](C(C)C)[C@H](O)CO. The molecule has 0 aliphatic carbocycles. The molecule has 3 heteroatoms. The van der Waals surface area contributed by atoms with E-state index in [9.17, 15) is 0 Å². The van der Waals surface area contributed by atoms with Gasteiger partial charge in [-0.2, -0.15) is 0 Å². The normalized spacial score (nSPS) is 17.4. The number of rotatable bonds is 4. The molecule has 0 unspecified atom stereocenters. The molecule has 3 nitrogen and oxygen atoms in total. The van der Waals surface area contributed by atoms with Crippen molar-refractivity contribution in [3.05, 3.63) is 0 Å². The molecule has 0 saturated carbocycles. The molecule has 0 heterocycles. The van der Waals surface area contributed by atoms with Crippen LogP contribution in [0.4, 0.5) is 0 Å². The van der Waals surface area contributed by atoms with Crippen LogP contribution in [0.15, 0.2) is 0 Å². The van der Waals surface area contributed by atoms with E-state index in [-0.39, 0.29) is 18.6 Å². The lowest BCUT2D eigenvalue weighted by atomic mass is 10.0. The van der Waals surface area contributed by atoms with Crippen molar-refractivity contribution < 1.29 is 14.9 Å². The van der Waals surface area contributed by atoms with E-state index >= 15 is 0 Å². The van der Waals surface area contributed by atoms with Crippen LogP contribution in [0.3, 0.4) is 0 Å². The van der Waals surface area contributed by atoms with Gasteiger partial charge in [0.2, 0.25) is 0 Å². The summed E-state index contributed by atoms with van der Waals surface area (Å²) < 4.78 is 4.95. The lowest BCUT2D eigenvalue weighted by Crippen LogP contribution is -2.35. The quantitative estimate of drug-likeness (QED) is 0.590. The molecule has 0 aromatic carbocycles. The number of hydrogen-bond acceptors (Lipinski definition) is 3. The molecule has 10 heavy (non-hydrogen) atoms. The highest BCUT2D eigenvalue weighted by molar-refractivity contribution is 4.70. The highest BCUT2D eigenvalue weighted by Crippen LogP contribution is 2.09. The van der Waals surface area contributed by atoms with Crippen molar-refractivity contribution in [2.45, 2.75) is 26.1 Å². The van der Waals surface area contributed by atoms with Gasteiger partial charge in [-0.3, -0.25) is 0 Å². The van der Waals surface area contributed by atoms with Crippen LogP contribution in [-0.2, 0) is 4.74 Å². The second-order valence-electron chi connectivity index (χ2n) is 2.69. The molecule has 62 valence electrons. The van der Waals surface area contributed by atoms with Crippen LogP contribution in [-0.4, -0.2) is 36.1 Å². The van der Waals surface area contributed by atoms with Gasteiger partial charge in [-0.1, -0.05) is 13.8 Å². The van der Waals surface area contributed by atoms with Gasteiger partial charge < -0.3 is 14.9 Å². The van der Waals surface area contributed by atoms with Crippen LogP contribution >= 0.6 is 0 Å². The van der Waals surface area contributed by atoms with Crippen LogP contribution in [0.2, 0.25) is 0 Å². The van der Waals surface area contributed by atoms with E-state index in [0.717, 1.165) is 0 Å². The molecule has 2 N–H and O–H groups in total. The van der Waals surface area contributed by atoms with Gasteiger partial charge in [0, 0.05) is 7.11 Å². The minimum atomic E-state index is -0.759. The first-order valence-electron chi connectivity index (χ1n) is 3.45. The Hall–Kier alpha value is -0.120. The predicted octanol–water partition coefficient (Wildman–Crippen LogP) is 0.0106. The molecular weight excluding hydrogens is 132 g/mol. The Morgan fingerprint density at radius 3 is 2.00 bits per heavy atom. The minimum absolute atomic E-state index is 0.229. The third-order valence-electron chi connectivity index (χ3n) is 1.50. The standard InChI is InChI=1S/C7H16O3/c1-5(2)7(10-3)6(9)4-8/h5-9H,4H2,1-3H3/t6-,7+/m1/s1. The number of aliphatic hydroxyl groups is 2. The molecule has 0 radical (unpaired) electrons. The molecule has 0 aliphatic rings. The summed E-state index contributed by atoms with van der Waals surface area (Å²) in [6, 6.07) is 0. The van der Waals surface area contributed by atoms with Crippen LogP contribution in [0, 0.1) is 5.92 Å². The molecule has 0 rings (SSSR count). The van der Waals surface area contributed by atoms with Gasteiger partial charge in [0.1, 0.15) is 6.10 Å². The summed E-state index contributed by atoms with van der Waals surface area (Å²) in [4.78, 5) is 0. The zero-order valence-electron chi connectivity index (χ0n) is 6.74. The minimum Gasteiger partial charge on any atom is -0.394 e. The molecule has 0 aliphatic heterocycles. The van der Waals surface area contributed by atoms with Crippen molar-refractivity contribution in [3.8, 4) is 0 Å². The first kappa shape index (κ1) is 9.88. The Morgan fingerprint density at radius 1 is 1.40 bits per heavy atom. The first-order valence-corrected chi connectivity index (χ1v) is 3.45. The fourth-order valence-corrected chi connectivity index (χ4v) is 0.977. The fraction of sp³-hybridized carbons (Fsp3) is 1.00. The molecule has 0 aromatic rings. The molecule has 2 atom stereocenters. The Kier molecular flexibility index (Phi) is 4.60. The second-order valence-corrected chi connectivity index (χ2v) is 2.69. The van der Waals surface area contributed by atoms with Crippen LogP contribution in [0.5, 0.6) is 0 Å². The van der Waals surface area contributed by atoms with Gasteiger partial charge in [-0.25, -0.2) is 0 Å². The van der Waals surface area contributed by atoms with E-state index in [1.54, 1.807) is 0 Å². The first-order chi connectivity index (χ1) is 4.63. The van der Waals surface area contributed by atoms with E-state index in [0.29, 0.717) is 0 Å². The molecule has 0 saturated heterocycles. The molecule has 0 aromatic heterocycles. The smallest absolute Gasteiger partial charge is 0.103 e. The lowest BCUT2D eigenvalue weighted by molar-refractivity contribution is -0.0589. The third-order valence-corrected chi connectivity index (χ3v) is 1.50. The Labute approximate surface area is 61.6 Å². The van der Waals surface area contributed by atoms with Crippen LogP contribution in [0.1, 0.15) is 13.8 Å². The maximum Gasteiger partial charge on any atom is 0.103 e. The van der Waals surface area contributed by atoms with Gasteiger partial charge in [-0.15, -0.1) is 0 Å². The zero-order valence-corrected chi connectivity index (χ0v) is 6.74. The van der Waals surface area contributed by atoms with Crippen LogP contribution < -0.4 is 0 Å². The summed E-state index contributed by atoms with van der Waals surface area (Å²) in [5, 5.41) is 17.7. The summed E-state index contributed by atoms with van der Waals surface area (Å²) in [7, 11) is 1.53. The van der Waals surface area contributed by atoms with E-state index in [1.807, 2.05) is 13.8 Å². The topological polar surface area (TPSA) is 49.7 Å². The average molecular weight is 148 g/mol. The maximum absolute atomic E-state index is 9.11. The summed E-state index contributed by atoms with van der Waals surface area (Å²) in [5.74, 6) is 0.229. The highest BCUT2D eigenvalue weighted by Gasteiger charge is 2.20. The Balaban J connectivity index is 3.80. The van der Waals surface area contributed by atoms with Gasteiger partial charge in [0.05, 0.1) is 12.7 Å². The summed E-state index contributed by atoms with van der Waals surface area (Å²) in [5.41, 5.74) is 0. The van der Waals surface area contributed by atoms with E-state index in [4.69, 9.17) is 14.9 Å². The third kappa shape index (κ3) is 2.64. The van der Waals surface area contributed by atoms with Crippen molar-refractivity contribution in [1.82, 2.24) is 0 Å². The van der Waals surface area contributed by atoms with Crippen molar-refractivity contribution in [2.75, 3.05) is 13.7 Å². The number of aliphatic hydroxyl groups excluding tert-OH is 2. The Bertz CT molecular complexity index is 82.9. The highest BCUT2D eigenvalue weighted by atomic mass is 16.5. The molecule has 0 amide bonds. The summed E-state index contributed by atoms with van der Waals surface area (Å²) >= 11 is 0. The van der Waals surface area contributed by atoms with Crippen LogP contribution in [0.25, 0.3) is 0 Å². The van der Waals surface area contributed by atoms with Gasteiger partial charge in [0.15, 0.2) is 0 Å². The largest absolute Gasteiger partial charge is 0.394 e. The molecule has 0 fully saturated rings. The average Bonchev–Trinajstić information content (AvgIpc) is 1.88. The van der Waals surface area contributed by atoms with Gasteiger partial charge in [-0.05, 0) is 5.92 Å². The van der Waals surface area contributed by atoms with Gasteiger partial charge in [0.25, 0.3) is 0 Å². The van der Waals surface area contributed by atoms with E-state index in [2.05, 4.69) is 0 Å². The maximum atomic E-state index is 9.11. The Morgan fingerprint density at radius 2 is 1.90 bits per heavy atom. The molecule has 0 bridgehead atoms. The summed E-state index contributed by atoms with van der Waals surface area (Å²) in [6.45, 7) is 3.64. The monoisotopic (exact) mass is 148 g/mol. The number of ether oxygens (including phenoxy) is 1. The zero-order chi connectivity index (χ0) is 8.15. The predicted molar refractivity (Wildman–Crippen MR) is 38.7 cm³/mol. The summed E-state index contributed by atoms with van der Waals surface area (Å²) in [6.07, 6.45) is -1.02. The molecular formula is C7H16O3. The van der Waals surface area contributed by atoms with Crippen molar-refractivity contribution in [3.63, 3.8) is 0 Å². The second kappa shape index (κ2) is 4.66. The van der Waals surface area contributed by atoms with Gasteiger partial charge >= 0.3 is 0 Å².